The summed E-state index contributed by atoms with van der Waals surface area (Å²) in [5.74, 6) is -0.608. The standard InChI is InChI=1S/C20H23F3N2O/c1-19(2,3)16-11-9-14(10-12-16)13-17(20(21,22)23)24-25-18(26)15-7-5-4-6-8-15/h4-12,17,24H,13H2,1-3H3,(H,25,26)/t17-/m1/s1. The quantitative estimate of drug-likeness (QED) is 0.773. The van der Waals surface area contributed by atoms with Gasteiger partial charge < -0.3 is 0 Å². The summed E-state index contributed by atoms with van der Waals surface area (Å²) in [5.41, 5.74) is 6.10. The van der Waals surface area contributed by atoms with Crippen molar-refractivity contribution in [2.75, 3.05) is 0 Å². The van der Waals surface area contributed by atoms with Crippen LogP contribution in [0.3, 0.4) is 0 Å². The van der Waals surface area contributed by atoms with Crippen LogP contribution in [0.5, 0.6) is 0 Å². The second-order valence-corrected chi connectivity index (χ2v) is 7.21. The van der Waals surface area contributed by atoms with Gasteiger partial charge in [-0.05, 0) is 35.1 Å². The van der Waals surface area contributed by atoms with E-state index in [1.165, 1.54) is 12.1 Å². The lowest BCUT2D eigenvalue weighted by Crippen LogP contribution is -2.52. The number of hydrogen-bond donors (Lipinski definition) is 2. The van der Waals surface area contributed by atoms with Crippen molar-refractivity contribution in [3.05, 3.63) is 71.3 Å². The second kappa shape index (κ2) is 7.91. The van der Waals surface area contributed by atoms with Gasteiger partial charge in [0.05, 0.1) is 0 Å². The Labute approximate surface area is 151 Å². The highest BCUT2D eigenvalue weighted by molar-refractivity contribution is 5.93. The molecule has 2 aromatic carbocycles. The predicted molar refractivity (Wildman–Crippen MR) is 95.7 cm³/mol. The maximum Gasteiger partial charge on any atom is 0.405 e. The zero-order chi connectivity index (χ0) is 19.4. The third-order valence-corrected chi connectivity index (χ3v) is 4.05. The number of nitrogens with one attached hydrogen (secondary N) is 2. The van der Waals surface area contributed by atoms with E-state index in [0.29, 0.717) is 5.56 Å². The van der Waals surface area contributed by atoms with Crippen molar-refractivity contribution in [1.29, 1.82) is 0 Å². The van der Waals surface area contributed by atoms with Gasteiger partial charge in [0.15, 0.2) is 0 Å². The normalized spacial score (nSPS) is 13.3. The Balaban J connectivity index is 2.05. The zero-order valence-corrected chi connectivity index (χ0v) is 15.0. The Morgan fingerprint density at radius 1 is 0.962 bits per heavy atom. The van der Waals surface area contributed by atoms with E-state index in [-0.39, 0.29) is 17.4 Å². The van der Waals surface area contributed by atoms with Gasteiger partial charge in [0, 0.05) is 5.56 Å². The van der Waals surface area contributed by atoms with E-state index in [4.69, 9.17) is 0 Å². The number of rotatable bonds is 5. The van der Waals surface area contributed by atoms with Gasteiger partial charge in [-0.15, -0.1) is 0 Å². The molecule has 0 bridgehead atoms. The Morgan fingerprint density at radius 2 is 1.54 bits per heavy atom. The van der Waals surface area contributed by atoms with Crippen molar-refractivity contribution in [3.8, 4) is 0 Å². The molecule has 0 radical (unpaired) electrons. The van der Waals surface area contributed by atoms with Crippen LogP contribution in [-0.4, -0.2) is 18.1 Å². The molecule has 2 rings (SSSR count). The van der Waals surface area contributed by atoms with Crippen molar-refractivity contribution in [2.24, 2.45) is 0 Å². The topological polar surface area (TPSA) is 41.1 Å². The molecular weight excluding hydrogens is 341 g/mol. The molecule has 0 fully saturated rings. The van der Waals surface area contributed by atoms with E-state index in [1.807, 2.05) is 32.9 Å². The van der Waals surface area contributed by atoms with Crippen molar-refractivity contribution >= 4 is 5.91 Å². The molecule has 3 nitrogen and oxygen atoms in total. The smallest absolute Gasteiger partial charge is 0.287 e. The van der Waals surface area contributed by atoms with Gasteiger partial charge in [0.1, 0.15) is 6.04 Å². The molecule has 0 aliphatic heterocycles. The lowest BCUT2D eigenvalue weighted by Gasteiger charge is -2.23. The van der Waals surface area contributed by atoms with Crippen LogP contribution in [0.15, 0.2) is 54.6 Å². The highest BCUT2D eigenvalue weighted by atomic mass is 19.4. The van der Waals surface area contributed by atoms with Crippen LogP contribution in [0.4, 0.5) is 13.2 Å². The number of hydrazine groups is 1. The highest BCUT2D eigenvalue weighted by Crippen LogP contribution is 2.25. The van der Waals surface area contributed by atoms with Crippen LogP contribution in [-0.2, 0) is 11.8 Å². The minimum atomic E-state index is -4.49. The first kappa shape index (κ1) is 20.0. The van der Waals surface area contributed by atoms with Crippen LogP contribution < -0.4 is 10.9 Å². The average Bonchev–Trinajstić information content (AvgIpc) is 2.57. The molecule has 0 spiro atoms. The van der Waals surface area contributed by atoms with Gasteiger partial charge in [-0.2, -0.15) is 13.2 Å². The Hall–Kier alpha value is -2.34. The van der Waals surface area contributed by atoms with E-state index in [1.54, 1.807) is 30.3 Å². The Bertz CT molecular complexity index is 719. The van der Waals surface area contributed by atoms with Gasteiger partial charge in [-0.25, -0.2) is 5.43 Å². The third kappa shape index (κ3) is 5.59. The lowest BCUT2D eigenvalue weighted by atomic mass is 9.86. The summed E-state index contributed by atoms with van der Waals surface area (Å²) < 4.78 is 39.9. The predicted octanol–water partition coefficient (Wildman–Crippen LogP) is 4.39. The van der Waals surface area contributed by atoms with E-state index < -0.39 is 18.1 Å². The molecule has 140 valence electrons. The molecule has 0 heterocycles. The van der Waals surface area contributed by atoms with E-state index in [9.17, 15) is 18.0 Å². The first-order valence-corrected chi connectivity index (χ1v) is 8.34. The summed E-state index contributed by atoms with van der Waals surface area (Å²) in [4.78, 5) is 11.9. The maximum absolute atomic E-state index is 13.3. The summed E-state index contributed by atoms with van der Waals surface area (Å²) in [6.07, 6.45) is -4.77. The molecule has 0 unspecified atom stereocenters. The largest absolute Gasteiger partial charge is 0.405 e. The van der Waals surface area contributed by atoms with E-state index in [0.717, 1.165) is 5.56 Å². The minimum absolute atomic E-state index is 0.0656. The van der Waals surface area contributed by atoms with Gasteiger partial charge >= 0.3 is 6.18 Å². The fourth-order valence-corrected chi connectivity index (χ4v) is 2.44. The first-order valence-electron chi connectivity index (χ1n) is 8.34. The molecule has 0 saturated heterocycles. The van der Waals surface area contributed by atoms with E-state index >= 15 is 0 Å². The highest BCUT2D eigenvalue weighted by Gasteiger charge is 2.39. The Kier molecular flexibility index (Phi) is 6.08. The molecule has 2 aromatic rings. The summed E-state index contributed by atoms with van der Waals surface area (Å²) in [6, 6.07) is 13.3. The minimum Gasteiger partial charge on any atom is -0.287 e. The molecule has 1 atom stereocenters. The molecular formula is C20H23F3N2O. The van der Waals surface area contributed by atoms with Gasteiger partial charge in [0.2, 0.25) is 0 Å². The van der Waals surface area contributed by atoms with Crippen LogP contribution in [0.2, 0.25) is 0 Å². The van der Waals surface area contributed by atoms with Crippen molar-refractivity contribution in [1.82, 2.24) is 10.9 Å². The summed E-state index contributed by atoms with van der Waals surface area (Å²) in [6.45, 7) is 6.13. The number of halogens is 3. The fraction of sp³-hybridized carbons (Fsp3) is 0.350. The van der Waals surface area contributed by atoms with Crippen molar-refractivity contribution in [2.45, 2.75) is 44.8 Å². The number of alkyl halides is 3. The molecule has 6 heteroatoms. The summed E-state index contributed by atoms with van der Waals surface area (Å²) in [5, 5.41) is 0. The van der Waals surface area contributed by atoms with Crippen LogP contribution in [0.1, 0.15) is 42.3 Å². The lowest BCUT2D eigenvalue weighted by molar-refractivity contribution is -0.157. The molecule has 0 saturated carbocycles. The van der Waals surface area contributed by atoms with Gasteiger partial charge in [-0.3, -0.25) is 10.2 Å². The number of hydrogen-bond acceptors (Lipinski definition) is 2. The first-order chi connectivity index (χ1) is 12.1. The molecule has 2 N–H and O–H groups in total. The number of carbonyl (C=O) groups is 1. The Morgan fingerprint density at radius 3 is 2.04 bits per heavy atom. The van der Waals surface area contributed by atoms with Crippen LogP contribution in [0, 0.1) is 0 Å². The zero-order valence-electron chi connectivity index (χ0n) is 15.0. The average molecular weight is 364 g/mol. The number of benzene rings is 2. The van der Waals surface area contributed by atoms with Crippen LogP contribution in [0.25, 0.3) is 0 Å². The second-order valence-electron chi connectivity index (χ2n) is 7.21. The molecule has 0 aromatic heterocycles. The number of carbonyl (C=O) groups excluding carboxylic acids is 1. The van der Waals surface area contributed by atoms with Gasteiger partial charge in [0.25, 0.3) is 5.91 Å². The van der Waals surface area contributed by atoms with Crippen molar-refractivity contribution in [3.63, 3.8) is 0 Å². The van der Waals surface area contributed by atoms with Gasteiger partial charge in [-0.1, -0.05) is 63.2 Å². The fourth-order valence-electron chi connectivity index (χ4n) is 2.44. The maximum atomic E-state index is 13.3. The molecule has 0 aliphatic carbocycles. The molecule has 0 aliphatic rings. The molecule has 1 amide bonds. The third-order valence-electron chi connectivity index (χ3n) is 4.05. The number of amides is 1. The SMILES string of the molecule is CC(C)(C)c1ccc(C[C@@H](NNC(=O)c2ccccc2)C(F)(F)F)cc1. The molecule has 26 heavy (non-hydrogen) atoms. The van der Waals surface area contributed by atoms with Crippen molar-refractivity contribution < 1.29 is 18.0 Å². The van der Waals surface area contributed by atoms with E-state index in [2.05, 4.69) is 10.9 Å². The van der Waals surface area contributed by atoms with Crippen LogP contribution >= 0.6 is 0 Å². The summed E-state index contributed by atoms with van der Waals surface area (Å²) >= 11 is 0. The summed E-state index contributed by atoms with van der Waals surface area (Å²) in [7, 11) is 0. The monoisotopic (exact) mass is 364 g/mol.